The van der Waals surface area contributed by atoms with Gasteiger partial charge in [0.25, 0.3) is 5.56 Å². The molecule has 2 N–H and O–H groups in total. The van der Waals surface area contributed by atoms with Gasteiger partial charge in [-0.3, -0.25) is 14.6 Å². The van der Waals surface area contributed by atoms with Crippen LogP contribution < -0.4 is 10.9 Å². The lowest BCUT2D eigenvalue weighted by Crippen LogP contribution is -2.51. The predicted molar refractivity (Wildman–Crippen MR) is 145 cm³/mol. The highest BCUT2D eigenvalue weighted by Gasteiger charge is 2.34. The zero-order valence-electron chi connectivity index (χ0n) is 20.9. The molecule has 0 amide bonds. The van der Waals surface area contributed by atoms with Crippen molar-refractivity contribution >= 4 is 16.5 Å². The molecule has 184 valence electrons. The number of nitrogens with one attached hydrogen (secondary N) is 2. The monoisotopic (exact) mass is 479 g/mol. The van der Waals surface area contributed by atoms with Crippen molar-refractivity contribution in [2.45, 2.75) is 38.4 Å². The molecule has 2 aliphatic heterocycles. The average molecular weight is 480 g/mol. The number of H-pyrrole nitrogens is 1. The van der Waals surface area contributed by atoms with Crippen LogP contribution in [0.1, 0.15) is 48.2 Å². The lowest BCUT2D eigenvalue weighted by atomic mass is 9.80. The van der Waals surface area contributed by atoms with E-state index >= 15 is 0 Å². The van der Waals surface area contributed by atoms with Gasteiger partial charge < -0.3 is 5.32 Å². The fraction of sp³-hybridized carbons (Fsp3) is 0.333. The minimum atomic E-state index is -0.152. The van der Waals surface area contributed by atoms with Crippen molar-refractivity contribution in [2.75, 3.05) is 31.5 Å². The maximum atomic E-state index is 12.5. The van der Waals surface area contributed by atoms with Crippen LogP contribution >= 0.6 is 0 Å². The summed E-state index contributed by atoms with van der Waals surface area (Å²) in [6.07, 6.45) is 0. The normalized spacial score (nSPS) is 22.4. The first kappa shape index (κ1) is 23.0. The number of anilines is 1. The molecule has 1 fully saturated rings. The third-order valence-electron chi connectivity index (χ3n) is 7.94. The number of hydrogen-bond acceptors (Lipinski definition) is 5. The number of piperazine rings is 1. The maximum Gasteiger partial charge on any atom is 0.272 e. The number of aromatic amines is 1. The first-order valence-corrected chi connectivity index (χ1v) is 13.0. The smallest absolute Gasteiger partial charge is 0.272 e. The van der Waals surface area contributed by atoms with Crippen molar-refractivity contribution in [3.8, 4) is 0 Å². The zero-order valence-corrected chi connectivity index (χ0v) is 20.9. The second-order valence-electron chi connectivity index (χ2n) is 10.1. The summed E-state index contributed by atoms with van der Waals surface area (Å²) >= 11 is 0. The van der Waals surface area contributed by atoms with Gasteiger partial charge in [0.15, 0.2) is 0 Å². The van der Waals surface area contributed by atoms with E-state index in [4.69, 9.17) is 0 Å². The van der Waals surface area contributed by atoms with Crippen molar-refractivity contribution < 1.29 is 0 Å². The van der Waals surface area contributed by atoms with E-state index in [1.165, 1.54) is 16.7 Å². The number of benzene rings is 3. The summed E-state index contributed by atoms with van der Waals surface area (Å²) in [7, 11) is 0. The Morgan fingerprint density at radius 2 is 1.75 bits per heavy atom. The summed E-state index contributed by atoms with van der Waals surface area (Å²) in [5, 5.41) is 12.7. The molecule has 6 rings (SSSR count). The summed E-state index contributed by atoms with van der Waals surface area (Å²) in [4.78, 5) is 17.6. The molecule has 3 heterocycles. The third-order valence-corrected chi connectivity index (χ3v) is 7.94. The fourth-order valence-corrected chi connectivity index (χ4v) is 6.06. The highest BCUT2D eigenvalue weighted by Crippen LogP contribution is 2.46. The second kappa shape index (κ2) is 9.52. The van der Waals surface area contributed by atoms with Crippen LogP contribution in [-0.4, -0.2) is 52.2 Å². The molecule has 1 saturated heterocycles. The molecular formula is C30H33N5O. The van der Waals surface area contributed by atoms with Crippen molar-refractivity contribution in [1.82, 2.24) is 20.0 Å². The highest BCUT2D eigenvalue weighted by atomic mass is 16.1. The van der Waals surface area contributed by atoms with E-state index in [0.29, 0.717) is 11.4 Å². The van der Waals surface area contributed by atoms with Gasteiger partial charge in [-0.1, -0.05) is 67.6 Å². The molecule has 0 saturated carbocycles. The van der Waals surface area contributed by atoms with E-state index < -0.39 is 0 Å². The molecule has 3 aromatic carbocycles. The van der Waals surface area contributed by atoms with Gasteiger partial charge in [0, 0.05) is 43.3 Å². The largest absolute Gasteiger partial charge is 0.377 e. The molecule has 4 aromatic rings. The van der Waals surface area contributed by atoms with Crippen molar-refractivity contribution in [3.05, 3.63) is 106 Å². The SMILES string of the molecule is CCN1CCN(Cc2ccc(C3Nc4cccc5c(=O)[nH]nc(c45)C3c3ccccc3)cc2)CC1C. The Bertz CT molecular complexity index is 1420. The van der Waals surface area contributed by atoms with Gasteiger partial charge in [-0.25, -0.2) is 5.10 Å². The third kappa shape index (κ3) is 4.10. The van der Waals surface area contributed by atoms with E-state index in [9.17, 15) is 4.79 Å². The van der Waals surface area contributed by atoms with Gasteiger partial charge in [0.1, 0.15) is 0 Å². The van der Waals surface area contributed by atoms with Crippen LogP contribution in [0.2, 0.25) is 0 Å². The topological polar surface area (TPSA) is 64.3 Å². The molecule has 3 unspecified atom stereocenters. The van der Waals surface area contributed by atoms with E-state index in [1.54, 1.807) is 0 Å². The molecule has 6 heteroatoms. The van der Waals surface area contributed by atoms with Gasteiger partial charge in [-0.15, -0.1) is 0 Å². The molecule has 0 spiro atoms. The summed E-state index contributed by atoms with van der Waals surface area (Å²) in [6.45, 7) is 10.1. The Morgan fingerprint density at radius 3 is 2.50 bits per heavy atom. The van der Waals surface area contributed by atoms with E-state index in [-0.39, 0.29) is 17.5 Å². The van der Waals surface area contributed by atoms with Gasteiger partial charge >= 0.3 is 0 Å². The lowest BCUT2D eigenvalue weighted by Gasteiger charge is -2.39. The molecular weight excluding hydrogens is 446 g/mol. The Morgan fingerprint density at radius 1 is 0.944 bits per heavy atom. The molecule has 3 atom stereocenters. The van der Waals surface area contributed by atoms with Crippen LogP contribution in [0, 0.1) is 0 Å². The summed E-state index contributed by atoms with van der Waals surface area (Å²) in [5.74, 6) is -0.0192. The fourth-order valence-electron chi connectivity index (χ4n) is 6.06. The summed E-state index contributed by atoms with van der Waals surface area (Å²) in [5.41, 5.74) is 5.46. The average Bonchev–Trinajstić information content (AvgIpc) is 2.91. The summed E-state index contributed by atoms with van der Waals surface area (Å²) < 4.78 is 0. The van der Waals surface area contributed by atoms with Crippen molar-refractivity contribution in [3.63, 3.8) is 0 Å². The Labute approximate surface area is 212 Å². The van der Waals surface area contributed by atoms with Crippen molar-refractivity contribution in [2.24, 2.45) is 0 Å². The second-order valence-corrected chi connectivity index (χ2v) is 10.1. The first-order chi connectivity index (χ1) is 17.6. The quantitative estimate of drug-likeness (QED) is 0.433. The van der Waals surface area contributed by atoms with Crippen LogP contribution in [0.4, 0.5) is 5.69 Å². The van der Waals surface area contributed by atoms with Crippen molar-refractivity contribution in [1.29, 1.82) is 0 Å². The van der Waals surface area contributed by atoms with E-state index in [1.807, 2.05) is 24.3 Å². The molecule has 0 bridgehead atoms. The van der Waals surface area contributed by atoms with Crippen LogP contribution in [0.3, 0.4) is 0 Å². The summed E-state index contributed by atoms with van der Waals surface area (Å²) in [6, 6.07) is 26.0. The first-order valence-electron chi connectivity index (χ1n) is 13.0. The van der Waals surface area contributed by atoms with Crippen LogP contribution in [0.15, 0.2) is 77.6 Å². The minimum Gasteiger partial charge on any atom is -0.377 e. The van der Waals surface area contributed by atoms with Gasteiger partial charge in [0.2, 0.25) is 0 Å². The number of likely N-dealkylation sites (N-methyl/N-ethyl adjacent to an activating group) is 1. The number of nitrogens with zero attached hydrogens (tertiary/aromatic N) is 3. The Kier molecular flexibility index (Phi) is 6.07. The minimum absolute atomic E-state index is 0.00562. The van der Waals surface area contributed by atoms with E-state index in [2.05, 4.69) is 87.7 Å². The zero-order chi connectivity index (χ0) is 24.6. The highest BCUT2D eigenvalue weighted by molar-refractivity contribution is 5.97. The molecule has 36 heavy (non-hydrogen) atoms. The van der Waals surface area contributed by atoms with E-state index in [0.717, 1.165) is 49.5 Å². The van der Waals surface area contributed by atoms with Gasteiger partial charge in [-0.2, -0.15) is 5.10 Å². The van der Waals surface area contributed by atoms with Crippen LogP contribution in [-0.2, 0) is 6.54 Å². The predicted octanol–water partition coefficient (Wildman–Crippen LogP) is 4.75. The molecule has 0 aliphatic carbocycles. The Balaban J connectivity index is 1.33. The molecule has 2 aliphatic rings. The maximum absolute atomic E-state index is 12.5. The van der Waals surface area contributed by atoms with Crippen LogP contribution in [0.5, 0.6) is 0 Å². The molecule has 1 aromatic heterocycles. The standard InChI is InChI=1S/C30H33N5O/c1-3-35-17-16-34(18-20(35)2)19-21-12-14-23(15-13-21)28-26(22-8-5-4-6-9-22)29-27-24(30(36)33-32-29)10-7-11-25(27)31-28/h4-15,20,26,28,31H,3,16-19H2,1-2H3,(H,33,36). The van der Waals surface area contributed by atoms with Gasteiger partial charge in [-0.05, 0) is 42.3 Å². The molecule has 6 nitrogen and oxygen atoms in total. The Hall–Kier alpha value is -3.48. The number of hydrogen-bond donors (Lipinski definition) is 2. The number of rotatable bonds is 5. The lowest BCUT2D eigenvalue weighted by molar-refractivity contribution is 0.0834. The van der Waals surface area contributed by atoms with Gasteiger partial charge in [0.05, 0.1) is 23.0 Å². The molecule has 0 radical (unpaired) electrons. The van der Waals surface area contributed by atoms with Crippen LogP contribution in [0.25, 0.3) is 10.8 Å². The number of aromatic nitrogens is 2.